The van der Waals surface area contributed by atoms with Gasteiger partial charge in [-0.05, 0) is 31.1 Å². The summed E-state index contributed by atoms with van der Waals surface area (Å²) < 4.78 is 18.4. The first kappa shape index (κ1) is 20.4. The van der Waals surface area contributed by atoms with Gasteiger partial charge in [-0.15, -0.1) is 0 Å². The third-order valence-electron chi connectivity index (χ3n) is 4.26. The molecule has 29 heavy (non-hydrogen) atoms. The number of hydrogen-bond donors (Lipinski definition) is 5. The van der Waals surface area contributed by atoms with Crippen LogP contribution in [0.1, 0.15) is 18.4 Å². The van der Waals surface area contributed by atoms with Crippen LogP contribution in [0, 0.1) is 5.82 Å². The zero-order chi connectivity index (χ0) is 21.1. The first-order chi connectivity index (χ1) is 13.7. The predicted octanol–water partition coefficient (Wildman–Crippen LogP) is 0.729. The minimum atomic E-state index is -3.32. The molecule has 0 bridgehead atoms. The van der Waals surface area contributed by atoms with Crippen molar-refractivity contribution in [1.82, 2.24) is 4.98 Å². The topological polar surface area (TPSA) is 150 Å². The van der Waals surface area contributed by atoms with Crippen LogP contribution < -0.4 is 15.8 Å². The Morgan fingerprint density at radius 1 is 1.28 bits per heavy atom. The van der Waals surface area contributed by atoms with Crippen molar-refractivity contribution in [2.24, 2.45) is 10.7 Å². The summed E-state index contributed by atoms with van der Waals surface area (Å²) in [7, 11) is 0. The number of aliphatic imine (C=N–C) groups is 1. The first-order valence-electron chi connectivity index (χ1n) is 8.58. The fraction of sp³-hybridized carbons (Fsp3) is 0.211. The Labute approximate surface area is 165 Å². The summed E-state index contributed by atoms with van der Waals surface area (Å²) in [5.41, 5.74) is 5.63. The molecule has 1 aromatic carbocycles. The number of halogens is 1. The lowest BCUT2D eigenvalue weighted by atomic mass is 9.94. The molecule has 10 heteroatoms. The van der Waals surface area contributed by atoms with Crippen LogP contribution >= 0.6 is 0 Å². The largest absolute Gasteiger partial charge is 0.454 e. The van der Waals surface area contributed by atoms with Crippen molar-refractivity contribution in [3.05, 3.63) is 66.3 Å². The average molecular weight is 402 g/mol. The molecule has 1 amide bonds. The van der Waals surface area contributed by atoms with E-state index >= 15 is 0 Å². The maximum absolute atomic E-state index is 14.0. The molecule has 9 nitrogen and oxygen atoms in total. The van der Waals surface area contributed by atoms with E-state index in [0.717, 1.165) is 0 Å². The van der Waals surface area contributed by atoms with E-state index in [2.05, 4.69) is 20.0 Å². The normalized spacial score (nSPS) is 15.9. The van der Waals surface area contributed by atoms with Gasteiger partial charge in [0.1, 0.15) is 11.7 Å². The van der Waals surface area contributed by atoms with Gasteiger partial charge < -0.3 is 31.1 Å². The summed E-state index contributed by atoms with van der Waals surface area (Å²) in [6.07, 6.45) is 1.79. The number of carbonyl (C=O) groups excluding carboxylic acids is 1. The number of carbonyl (C=O) groups is 1. The molecular formula is C19H19FN4O5. The Morgan fingerprint density at radius 2 is 2.00 bits per heavy atom. The van der Waals surface area contributed by atoms with Gasteiger partial charge in [-0.25, -0.2) is 9.37 Å². The lowest BCUT2D eigenvalue weighted by Gasteiger charge is -2.14. The summed E-state index contributed by atoms with van der Waals surface area (Å²) in [5, 5.41) is 28.9. The number of anilines is 1. The standard InChI is InChI=1S/C19H19FN4O5/c20-14-4-2-1-3-13(14)18(8-9-18)17(25)24-15(21)7-10-22-12-5-6-16(23-11-12)29-19(26,27)28/h1-7,10-11,22,26-28H,8-9H2,(H2,21,24,25)/b10-7-. The smallest absolute Gasteiger partial charge is 0.399 e. The van der Waals surface area contributed by atoms with E-state index in [1.165, 1.54) is 36.7 Å². The summed E-state index contributed by atoms with van der Waals surface area (Å²) in [4.78, 5) is 20.1. The molecule has 0 aliphatic heterocycles. The number of benzene rings is 1. The van der Waals surface area contributed by atoms with Crippen LogP contribution in [0.4, 0.5) is 10.1 Å². The number of pyridine rings is 1. The molecule has 0 unspecified atom stereocenters. The number of amides is 1. The highest BCUT2D eigenvalue weighted by molar-refractivity contribution is 6.04. The maximum atomic E-state index is 14.0. The minimum absolute atomic E-state index is 0.0522. The van der Waals surface area contributed by atoms with Crippen molar-refractivity contribution >= 4 is 17.4 Å². The van der Waals surface area contributed by atoms with Crippen LogP contribution in [0.3, 0.4) is 0 Å². The number of nitrogens with one attached hydrogen (secondary N) is 1. The van der Waals surface area contributed by atoms with Crippen molar-refractivity contribution in [3.63, 3.8) is 0 Å². The zero-order valence-electron chi connectivity index (χ0n) is 15.1. The van der Waals surface area contributed by atoms with Crippen LogP contribution in [-0.2, 0) is 10.2 Å². The summed E-state index contributed by atoms with van der Waals surface area (Å²) in [5.74, 6) is -1.20. The van der Waals surface area contributed by atoms with Gasteiger partial charge >= 0.3 is 6.16 Å². The molecular weight excluding hydrogens is 383 g/mol. The molecule has 1 aliphatic carbocycles. The van der Waals surface area contributed by atoms with Crippen molar-refractivity contribution in [2.75, 3.05) is 5.32 Å². The minimum Gasteiger partial charge on any atom is -0.399 e. The fourth-order valence-electron chi connectivity index (χ4n) is 2.72. The van der Waals surface area contributed by atoms with Crippen molar-refractivity contribution < 1.29 is 29.2 Å². The van der Waals surface area contributed by atoms with E-state index in [1.54, 1.807) is 18.2 Å². The molecule has 1 heterocycles. The second-order valence-electron chi connectivity index (χ2n) is 6.44. The van der Waals surface area contributed by atoms with E-state index in [4.69, 9.17) is 21.1 Å². The van der Waals surface area contributed by atoms with Gasteiger partial charge in [0, 0.05) is 17.8 Å². The Morgan fingerprint density at radius 3 is 2.59 bits per heavy atom. The molecule has 0 atom stereocenters. The van der Waals surface area contributed by atoms with Crippen LogP contribution in [-0.4, -0.2) is 38.2 Å². The number of amidine groups is 1. The third-order valence-corrected chi connectivity index (χ3v) is 4.26. The van der Waals surface area contributed by atoms with Gasteiger partial charge in [-0.2, -0.15) is 4.99 Å². The molecule has 3 rings (SSSR count). The van der Waals surface area contributed by atoms with E-state index in [9.17, 15) is 9.18 Å². The van der Waals surface area contributed by atoms with Gasteiger partial charge in [-0.1, -0.05) is 18.2 Å². The molecule has 152 valence electrons. The molecule has 2 aromatic rings. The number of nitrogens with zero attached hydrogens (tertiary/aromatic N) is 2. The Kier molecular flexibility index (Phi) is 5.59. The molecule has 0 spiro atoms. The second kappa shape index (κ2) is 7.95. The van der Waals surface area contributed by atoms with Gasteiger partial charge in [0.05, 0.1) is 17.3 Å². The van der Waals surface area contributed by atoms with E-state index < -0.39 is 23.3 Å². The van der Waals surface area contributed by atoms with Crippen LogP contribution in [0.25, 0.3) is 0 Å². The molecule has 1 aromatic heterocycles. The average Bonchev–Trinajstić information content (AvgIpc) is 3.44. The highest BCUT2D eigenvalue weighted by atomic mass is 19.1. The molecule has 6 N–H and O–H groups in total. The third kappa shape index (κ3) is 5.13. The van der Waals surface area contributed by atoms with E-state index in [-0.39, 0.29) is 11.7 Å². The maximum Gasteiger partial charge on any atom is 0.454 e. The van der Waals surface area contributed by atoms with Gasteiger partial charge in [-0.3, -0.25) is 4.79 Å². The summed E-state index contributed by atoms with van der Waals surface area (Å²) in [6, 6.07) is 8.89. The predicted molar refractivity (Wildman–Crippen MR) is 101 cm³/mol. The highest BCUT2D eigenvalue weighted by Gasteiger charge is 2.52. The molecule has 0 saturated heterocycles. The number of ether oxygens (including phenoxy) is 1. The number of nitrogens with two attached hydrogens (primary N) is 1. The molecule has 1 aliphatic rings. The van der Waals surface area contributed by atoms with Crippen LogP contribution in [0.2, 0.25) is 0 Å². The molecule has 0 radical (unpaired) electrons. The van der Waals surface area contributed by atoms with Crippen LogP contribution in [0.15, 0.2) is 59.9 Å². The Balaban J connectivity index is 1.60. The molecule has 1 fully saturated rings. The van der Waals surface area contributed by atoms with Gasteiger partial charge in [0.15, 0.2) is 0 Å². The molecule has 1 saturated carbocycles. The summed E-state index contributed by atoms with van der Waals surface area (Å²) in [6.45, 7) is 0. The van der Waals surface area contributed by atoms with E-state index in [1.807, 2.05) is 0 Å². The van der Waals surface area contributed by atoms with Gasteiger partial charge in [0.2, 0.25) is 5.88 Å². The Hall–Kier alpha value is -3.34. The SMILES string of the molecule is NC(/C=C\Nc1ccc(OC(O)(O)O)nc1)=NC(=O)C1(c2ccccc2F)CC1. The van der Waals surface area contributed by atoms with E-state index in [0.29, 0.717) is 24.1 Å². The summed E-state index contributed by atoms with van der Waals surface area (Å²) >= 11 is 0. The second-order valence-corrected chi connectivity index (χ2v) is 6.44. The zero-order valence-corrected chi connectivity index (χ0v) is 15.1. The van der Waals surface area contributed by atoms with Crippen LogP contribution in [0.5, 0.6) is 5.88 Å². The Bertz CT molecular complexity index is 950. The number of hydrogen-bond acceptors (Lipinski definition) is 7. The van der Waals surface area contributed by atoms with Crippen molar-refractivity contribution in [3.8, 4) is 5.88 Å². The lowest BCUT2D eigenvalue weighted by Crippen LogP contribution is -2.34. The number of aromatic nitrogens is 1. The lowest BCUT2D eigenvalue weighted by molar-refractivity contribution is -0.420. The highest BCUT2D eigenvalue weighted by Crippen LogP contribution is 2.50. The fourth-order valence-corrected chi connectivity index (χ4v) is 2.72. The van der Waals surface area contributed by atoms with Crippen molar-refractivity contribution in [2.45, 2.75) is 24.4 Å². The first-order valence-corrected chi connectivity index (χ1v) is 8.58. The quantitative estimate of drug-likeness (QED) is 0.258. The monoisotopic (exact) mass is 402 g/mol. The number of rotatable bonds is 7. The van der Waals surface area contributed by atoms with Gasteiger partial charge in [0.25, 0.3) is 5.91 Å². The number of aliphatic hydroxyl groups is 3. The van der Waals surface area contributed by atoms with Crippen molar-refractivity contribution in [1.29, 1.82) is 0 Å².